The molecule has 0 aliphatic heterocycles. The Balaban J connectivity index is 0. The maximum absolute atomic E-state index is 11.5. The summed E-state index contributed by atoms with van der Waals surface area (Å²) < 4.78 is 39.0. The molecule has 0 heterocycles. The minimum atomic E-state index is -4.42. The van der Waals surface area contributed by atoms with Gasteiger partial charge >= 0.3 is 57.4 Å². The number of esters is 1. The summed E-state index contributed by atoms with van der Waals surface area (Å²) in [6, 6.07) is 0. The van der Waals surface area contributed by atoms with Gasteiger partial charge < -0.3 is 14.1 Å². The largest absolute Gasteiger partial charge is 1.00 e. The molecule has 0 amide bonds. The maximum atomic E-state index is 11.5. The molecule has 158 valence electrons. The second-order valence-electron chi connectivity index (χ2n) is 6.98. The van der Waals surface area contributed by atoms with E-state index in [1.165, 1.54) is 38.5 Å². The van der Waals surface area contributed by atoms with Crippen LogP contribution in [0.3, 0.4) is 0 Å². The number of carbonyl (C=O) groups excluding carboxylic acids is 2. The third-order valence-corrected chi connectivity index (χ3v) is 5.87. The van der Waals surface area contributed by atoms with E-state index in [1.54, 1.807) is 0 Å². The van der Waals surface area contributed by atoms with Crippen LogP contribution in [0.4, 0.5) is 0 Å². The monoisotopic (exact) mass is 442 g/mol. The van der Waals surface area contributed by atoms with E-state index in [2.05, 4.69) is 13.5 Å². The first-order valence-electron chi connectivity index (χ1n) is 10.1. The van der Waals surface area contributed by atoms with Crippen LogP contribution in [0.15, 0.2) is 12.2 Å². The van der Waals surface area contributed by atoms with Crippen molar-refractivity contribution in [2.75, 3.05) is 6.61 Å². The number of carbonyl (C=O) groups is 2. The molecule has 28 heavy (non-hydrogen) atoms. The van der Waals surface area contributed by atoms with E-state index in [9.17, 15) is 22.6 Å². The predicted octanol–water partition coefficient (Wildman–Crippen LogP) is 1.29. The Kier molecular flexibility index (Phi) is 21.2. The van der Waals surface area contributed by atoms with Crippen molar-refractivity contribution in [2.45, 2.75) is 95.6 Å². The van der Waals surface area contributed by atoms with Gasteiger partial charge in [0.15, 0.2) is 0 Å². The summed E-state index contributed by atoms with van der Waals surface area (Å²) in [4.78, 5) is 21.8. The van der Waals surface area contributed by atoms with Crippen LogP contribution in [0.2, 0.25) is 0 Å². The average Bonchev–Trinajstić information content (AvgIpc) is 2.60. The molecule has 0 saturated heterocycles. The molecule has 0 aromatic rings. The van der Waals surface area contributed by atoms with E-state index in [4.69, 9.17) is 4.74 Å². The zero-order chi connectivity index (χ0) is 20.5. The van der Waals surface area contributed by atoms with Gasteiger partial charge in [-0.25, -0.2) is 13.2 Å². The van der Waals surface area contributed by atoms with Gasteiger partial charge in [0.2, 0.25) is 0 Å². The van der Waals surface area contributed by atoms with Crippen molar-refractivity contribution in [1.82, 2.24) is 0 Å². The van der Waals surface area contributed by atoms with Gasteiger partial charge in [-0.15, -0.1) is 0 Å². The smallest absolute Gasteiger partial charge is 0.748 e. The Bertz CT molecular complexity index is 533. The van der Waals surface area contributed by atoms with Crippen molar-refractivity contribution in [3.05, 3.63) is 12.2 Å². The van der Waals surface area contributed by atoms with Gasteiger partial charge in [-0.3, -0.25) is 0 Å². The van der Waals surface area contributed by atoms with E-state index in [0.29, 0.717) is 12.7 Å². The van der Waals surface area contributed by atoms with Crippen LogP contribution in [-0.4, -0.2) is 37.1 Å². The van der Waals surface area contributed by atoms with E-state index >= 15 is 0 Å². The molecule has 0 N–H and O–H groups in total. The number of hydrogen-bond acceptors (Lipinski definition) is 6. The summed E-state index contributed by atoms with van der Waals surface area (Å²) in [7, 11) is -4.42. The van der Waals surface area contributed by atoms with Crippen LogP contribution in [-0.2, 0) is 24.4 Å². The summed E-state index contributed by atoms with van der Waals surface area (Å²) >= 11 is 0. The normalized spacial score (nSPS) is 12.1. The van der Waals surface area contributed by atoms with Crippen LogP contribution >= 0.6 is 0 Å². The fourth-order valence-corrected chi connectivity index (χ4v) is 3.70. The Morgan fingerprint density at radius 3 is 1.96 bits per heavy atom. The third kappa shape index (κ3) is 17.3. The van der Waals surface area contributed by atoms with E-state index in [0.717, 1.165) is 19.3 Å². The molecular formula is C20H35KO6S. The molecule has 0 aliphatic rings. The van der Waals surface area contributed by atoms with Crippen molar-refractivity contribution in [3.8, 4) is 0 Å². The van der Waals surface area contributed by atoms with Crippen molar-refractivity contribution in [1.29, 1.82) is 0 Å². The second kappa shape index (κ2) is 19.4. The molecule has 0 rings (SSSR count). The zero-order valence-electron chi connectivity index (χ0n) is 17.6. The standard InChI is InChI=1S/C20H36O6S.K/c1-3-4-5-6-7-8-9-10-11-12-13-19(27(23,24)25)15-17-26-20(22)18(2)14-16-21;/h16,19H,2-15,17H2,1H3,(H,23,24,25);/q;+1/p-1. The predicted molar refractivity (Wildman–Crippen MR) is 105 cm³/mol. The van der Waals surface area contributed by atoms with Crippen molar-refractivity contribution >= 4 is 22.4 Å². The maximum Gasteiger partial charge on any atom is 1.00 e. The molecule has 0 saturated carbocycles. The zero-order valence-corrected chi connectivity index (χ0v) is 21.6. The molecule has 0 bridgehead atoms. The van der Waals surface area contributed by atoms with Crippen molar-refractivity contribution in [3.63, 3.8) is 0 Å². The fourth-order valence-electron chi connectivity index (χ4n) is 2.86. The van der Waals surface area contributed by atoms with Crippen LogP contribution in [0.1, 0.15) is 90.4 Å². The number of unbranched alkanes of at least 4 members (excludes halogenated alkanes) is 9. The summed E-state index contributed by atoms with van der Waals surface area (Å²) in [5.41, 5.74) is 0.0150. The fraction of sp³-hybridized carbons (Fsp3) is 0.800. The van der Waals surface area contributed by atoms with Gasteiger partial charge in [0.1, 0.15) is 6.29 Å². The molecule has 1 unspecified atom stereocenters. The number of rotatable bonds is 18. The van der Waals surface area contributed by atoms with Crippen molar-refractivity contribution in [2.24, 2.45) is 0 Å². The molecule has 1 atom stereocenters. The first-order chi connectivity index (χ1) is 12.8. The Morgan fingerprint density at radius 2 is 1.50 bits per heavy atom. The molecule has 0 aromatic heterocycles. The Morgan fingerprint density at radius 1 is 1.00 bits per heavy atom. The molecule has 0 radical (unpaired) electrons. The quantitative estimate of drug-likeness (QED) is 0.0792. The van der Waals surface area contributed by atoms with Crippen molar-refractivity contribution < 1.29 is 78.7 Å². The topological polar surface area (TPSA) is 101 Å². The first kappa shape index (κ1) is 30.6. The molecule has 0 aromatic carbocycles. The summed E-state index contributed by atoms with van der Waals surface area (Å²) in [5.74, 6) is -0.733. The second-order valence-corrected chi connectivity index (χ2v) is 8.64. The van der Waals surface area contributed by atoms with Crippen LogP contribution in [0, 0.1) is 0 Å². The molecule has 0 aliphatic carbocycles. The molecule has 6 nitrogen and oxygen atoms in total. The summed E-state index contributed by atoms with van der Waals surface area (Å²) in [5, 5.41) is -1.04. The Hall–Kier alpha value is 0.426. The SMILES string of the molecule is C=C(CC=O)C(=O)OCCC(CCCCCCCCCCCC)S(=O)(=O)[O-].[K+]. The van der Waals surface area contributed by atoms with Gasteiger partial charge in [-0.05, 0) is 12.8 Å². The minimum Gasteiger partial charge on any atom is -0.748 e. The van der Waals surface area contributed by atoms with Gasteiger partial charge in [0.05, 0.1) is 22.0 Å². The molecule has 8 heteroatoms. The summed E-state index contributed by atoms with van der Waals surface area (Å²) in [6.07, 6.45) is 12.0. The van der Waals surface area contributed by atoms with E-state index < -0.39 is 21.3 Å². The molecular weight excluding hydrogens is 407 g/mol. The average molecular weight is 443 g/mol. The number of ether oxygens (including phenoxy) is 1. The third-order valence-electron chi connectivity index (χ3n) is 4.58. The van der Waals surface area contributed by atoms with Crippen LogP contribution in [0.5, 0.6) is 0 Å². The van der Waals surface area contributed by atoms with Gasteiger partial charge in [0, 0.05) is 12.0 Å². The molecule has 0 spiro atoms. The van der Waals surface area contributed by atoms with Gasteiger partial charge in [-0.2, -0.15) is 0 Å². The van der Waals surface area contributed by atoms with E-state index in [-0.39, 0.29) is 82.8 Å². The van der Waals surface area contributed by atoms with Gasteiger partial charge in [0.25, 0.3) is 0 Å². The molecule has 0 fully saturated rings. The Labute approximate surface area is 213 Å². The first-order valence-corrected chi connectivity index (χ1v) is 11.5. The van der Waals surface area contributed by atoms with Crippen LogP contribution < -0.4 is 51.4 Å². The number of aldehydes is 1. The number of hydrogen-bond donors (Lipinski definition) is 0. The van der Waals surface area contributed by atoms with E-state index in [1.807, 2.05) is 0 Å². The summed E-state index contributed by atoms with van der Waals surface area (Å²) in [6.45, 7) is 5.44. The van der Waals surface area contributed by atoms with Gasteiger partial charge in [-0.1, -0.05) is 77.7 Å². The minimum absolute atomic E-state index is 0. The van der Waals surface area contributed by atoms with Crippen LogP contribution in [0.25, 0.3) is 0 Å².